The number of nitrogens with one attached hydrogen (secondary N) is 3. The van der Waals surface area contributed by atoms with Crippen LogP contribution in [0.15, 0.2) is 0 Å². The third-order valence-electron chi connectivity index (χ3n) is 4.36. The van der Waals surface area contributed by atoms with Crippen molar-refractivity contribution in [2.75, 3.05) is 12.3 Å². The zero-order chi connectivity index (χ0) is 24.1. The lowest BCUT2D eigenvalue weighted by Gasteiger charge is -2.26. The van der Waals surface area contributed by atoms with Crippen LogP contribution < -0.4 is 27.4 Å². The van der Waals surface area contributed by atoms with Gasteiger partial charge >= 0.3 is 11.9 Å². The van der Waals surface area contributed by atoms with Gasteiger partial charge < -0.3 is 37.6 Å². The molecule has 178 valence electrons. The molecule has 0 saturated heterocycles. The number of rotatable bonds is 15. The summed E-state index contributed by atoms with van der Waals surface area (Å²) < 4.78 is 0. The second kappa shape index (κ2) is 14.6. The summed E-state index contributed by atoms with van der Waals surface area (Å²) in [5, 5.41) is 25.0. The molecule has 3 amide bonds. The van der Waals surface area contributed by atoms with Crippen LogP contribution in [0.25, 0.3) is 0 Å². The molecule has 13 heteroatoms. The Morgan fingerprint density at radius 2 is 1.48 bits per heavy atom. The summed E-state index contributed by atoms with van der Waals surface area (Å²) in [7, 11) is 0. The number of hydrogen-bond donors (Lipinski definition) is 8. The van der Waals surface area contributed by atoms with E-state index in [-0.39, 0.29) is 5.75 Å². The first-order valence-electron chi connectivity index (χ1n) is 9.86. The van der Waals surface area contributed by atoms with E-state index in [0.29, 0.717) is 25.8 Å². The summed E-state index contributed by atoms with van der Waals surface area (Å²) in [6.07, 6.45) is 0.929. The minimum atomic E-state index is -1.55. The fourth-order valence-corrected chi connectivity index (χ4v) is 2.79. The van der Waals surface area contributed by atoms with Crippen LogP contribution in [0.3, 0.4) is 0 Å². The SMILES string of the molecule is CC(C)C(NC(=O)C(N)CCCCN)C(=O)NC(CC(=O)O)C(=O)NC(CS)C(=O)O. The molecule has 0 aromatic rings. The monoisotopic (exact) mass is 463 g/mol. The fraction of sp³-hybridized carbons (Fsp3) is 0.722. The number of carboxylic acids is 2. The Bertz CT molecular complexity index is 647. The zero-order valence-electron chi connectivity index (χ0n) is 17.7. The number of amides is 3. The molecule has 0 aromatic carbocycles. The topological polar surface area (TPSA) is 214 Å². The second-order valence-corrected chi connectivity index (χ2v) is 7.73. The van der Waals surface area contributed by atoms with Crippen molar-refractivity contribution < 1.29 is 34.2 Å². The van der Waals surface area contributed by atoms with Gasteiger partial charge in [0.05, 0.1) is 12.5 Å². The van der Waals surface area contributed by atoms with Crippen molar-refractivity contribution >= 4 is 42.3 Å². The maximum atomic E-state index is 12.7. The lowest BCUT2D eigenvalue weighted by molar-refractivity contribution is -0.143. The molecular formula is C18H33N5O7S. The Hall–Kier alpha value is -2.38. The van der Waals surface area contributed by atoms with Gasteiger partial charge in [0.25, 0.3) is 0 Å². The summed E-state index contributed by atoms with van der Waals surface area (Å²) in [4.78, 5) is 59.6. The Morgan fingerprint density at radius 1 is 0.903 bits per heavy atom. The maximum Gasteiger partial charge on any atom is 0.327 e. The van der Waals surface area contributed by atoms with Gasteiger partial charge in [0, 0.05) is 5.75 Å². The van der Waals surface area contributed by atoms with Crippen LogP contribution >= 0.6 is 12.6 Å². The van der Waals surface area contributed by atoms with Gasteiger partial charge in [-0.1, -0.05) is 20.3 Å². The van der Waals surface area contributed by atoms with Crippen LogP contribution in [0.5, 0.6) is 0 Å². The van der Waals surface area contributed by atoms with Gasteiger partial charge in [-0.25, -0.2) is 4.79 Å². The predicted octanol–water partition coefficient (Wildman–Crippen LogP) is -1.96. The highest BCUT2D eigenvalue weighted by Gasteiger charge is 2.32. The van der Waals surface area contributed by atoms with Gasteiger partial charge in [0.15, 0.2) is 0 Å². The number of carboxylic acid groups (broad SMARTS) is 2. The number of hydrogen-bond acceptors (Lipinski definition) is 8. The molecule has 0 aromatic heterocycles. The quantitative estimate of drug-likeness (QED) is 0.0998. The van der Waals surface area contributed by atoms with Gasteiger partial charge in [-0.05, 0) is 25.3 Å². The summed E-state index contributed by atoms with van der Waals surface area (Å²) in [5.41, 5.74) is 11.2. The first-order chi connectivity index (χ1) is 14.4. The number of carbonyl (C=O) groups is 5. The van der Waals surface area contributed by atoms with Gasteiger partial charge in [0.1, 0.15) is 18.1 Å². The Labute approximate surface area is 186 Å². The first-order valence-corrected chi connectivity index (χ1v) is 10.5. The molecule has 0 heterocycles. The molecule has 0 bridgehead atoms. The molecule has 0 rings (SSSR count). The van der Waals surface area contributed by atoms with Crippen molar-refractivity contribution in [1.82, 2.24) is 16.0 Å². The minimum Gasteiger partial charge on any atom is -0.481 e. The summed E-state index contributed by atoms with van der Waals surface area (Å²) >= 11 is 3.82. The fourth-order valence-electron chi connectivity index (χ4n) is 2.54. The second-order valence-electron chi connectivity index (χ2n) is 7.36. The minimum absolute atomic E-state index is 0.235. The normalized spacial score (nSPS) is 14.8. The van der Waals surface area contributed by atoms with Gasteiger partial charge in [-0.3, -0.25) is 19.2 Å². The maximum absolute atomic E-state index is 12.7. The molecular weight excluding hydrogens is 430 g/mol. The molecule has 12 nitrogen and oxygen atoms in total. The summed E-state index contributed by atoms with van der Waals surface area (Å²) in [5.74, 6) is -5.74. The van der Waals surface area contributed by atoms with E-state index in [4.69, 9.17) is 21.7 Å². The molecule has 4 unspecified atom stereocenters. The van der Waals surface area contributed by atoms with E-state index < -0.39 is 66.2 Å². The van der Waals surface area contributed by atoms with Crippen LogP contribution in [-0.2, 0) is 24.0 Å². The van der Waals surface area contributed by atoms with Gasteiger partial charge in [-0.2, -0.15) is 12.6 Å². The smallest absolute Gasteiger partial charge is 0.327 e. The highest BCUT2D eigenvalue weighted by Crippen LogP contribution is 2.06. The molecule has 0 radical (unpaired) electrons. The van der Waals surface area contributed by atoms with E-state index in [9.17, 15) is 24.0 Å². The Morgan fingerprint density at radius 3 is 1.94 bits per heavy atom. The number of thiol groups is 1. The van der Waals surface area contributed by atoms with Crippen molar-refractivity contribution in [3.8, 4) is 0 Å². The van der Waals surface area contributed by atoms with Crippen molar-refractivity contribution in [1.29, 1.82) is 0 Å². The van der Waals surface area contributed by atoms with Crippen LogP contribution in [0.4, 0.5) is 0 Å². The van der Waals surface area contributed by atoms with Gasteiger partial charge in [-0.15, -0.1) is 0 Å². The average molecular weight is 464 g/mol. The van der Waals surface area contributed by atoms with E-state index in [1.165, 1.54) is 0 Å². The van der Waals surface area contributed by atoms with Crippen LogP contribution in [0, 0.1) is 5.92 Å². The third-order valence-corrected chi connectivity index (χ3v) is 4.73. The zero-order valence-corrected chi connectivity index (χ0v) is 18.6. The van der Waals surface area contributed by atoms with E-state index in [0.717, 1.165) is 0 Å². The van der Waals surface area contributed by atoms with Crippen LogP contribution in [-0.4, -0.2) is 76.3 Å². The number of aliphatic carboxylic acids is 2. The van der Waals surface area contributed by atoms with Crippen molar-refractivity contribution in [3.63, 3.8) is 0 Å². The van der Waals surface area contributed by atoms with E-state index in [1.54, 1.807) is 13.8 Å². The molecule has 0 saturated carbocycles. The standard InChI is InChI=1S/C18H33N5O7S/c1-9(2)14(23-15(26)10(20)5-3-4-6-19)17(28)21-11(7-13(24)25)16(27)22-12(8-31)18(29)30/h9-12,14,31H,3-8,19-20H2,1-2H3,(H,21,28)(H,22,27)(H,23,26)(H,24,25)(H,29,30). The molecule has 9 N–H and O–H groups in total. The number of unbranched alkanes of at least 4 members (excludes halogenated alkanes) is 1. The largest absolute Gasteiger partial charge is 0.481 e. The van der Waals surface area contributed by atoms with Crippen LogP contribution in [0.1, 0.15) is 39.5 Å². The molecule has 31 heavy (non-hydrogen) atoms. The Kier molecular flexibility index (Phi) is 13.5. The van der Waals surface area contributed by atoms with Gasteiger partial charge in [0.2, 0.25) is 17.7 Å². The summed E-state index contributed by atoms with van der Waals surface area (Å²) in [6.45, 7) is 3.77. The molecule has 4 atom stereocenters. The Balaban J connectivity index is 5.26. The van der Waals surface area contributed by atoms with Crippen LogP contribution in [0.2, 0.25) is 0 Å². The number of carbonyl (C=O) groups excluding carboxylic acids is 3. The molecule has 0 aliphatic rings. The number of nitrogens with two attached hydrogens (primary N) is 2. The highest BCUT2D eigenvalue weighted by atomic mass is 32.1. The van der Waals surface area contributed by atoms with Crippen molar-refractivity contribution in [2.45, 2.75) is 63.7 Å². The predicted molar refractivity (Wildman–Crippen MR) is 115 cm³/mol. The highest BCUT2D eigenvalue weighted by molar-refractivity contribution is 7.80. The molecule has 0 aliphatic carbocycles. The lowest BCUT2D eigenvalue weighted by Crippen LogP contribution is -2.58. The van der Waals surface area contributed by atoms with Crippen molar-refractivity contribution in [2.24, 2.45) is 17.4 Å². The van der Waals surface area contributed by atoms with E-state index >= 15 is 0 Å². The third kappa shape index (κ3) is 11.0. The molecule has 0 spiro atoms. The molecule has 0 aliphatic heterocycles. The lowest BCUT2D eigenvalue weighted by atomic mass is 10.0. The average Bonchev–Trinajstić information content (AvgIpc) is 2.68. The summed E-state index contributed by atoms with van der Waals surface area (Å²) in [6, 6.07) is -4.86. The van der Waals surface area contributed by atoms with Crippen molar-refractivity contribution in [3.05, 3.63) is 0 Å². The first kappa shape index (κ1) is 28.6. The van der Waals surface area contributed by atoms with E-state index in [1.807, 2.05) is 0 Å². The molecule has 0 fully saturated rings. The van der Waals surface area contributed by atoms with E-state index in [2.05, 4.69) is 28.6 Å².